The van der Waals surface area contributed by atoms with Gasteiger partial charge in [-0.25, -0.2) is 0 Å². The Morgan fingerprint density at radius 1 is 1.50 bits per heavy atom. The minimum Gasteiger partial charge on any atom is -0.399 e. The van der Waals surface area contributed by atoms with Crippen LogP contribution in [0.3, 0.4) is 0 Å². The number of nitrogens with two attached hydrogens (primary N) is 1. The molecule has 6 nitrogen and oxygen atoms in total. The molecule has 2 rings (SSSR count). The molecule has 1 heterocycles. The summed E-state index contributed by atoms with van der Waals surface area (Å²) in [7, 11) is 0. The van der Waals surface area contributed by atoms with Gasteiger partial charge in [-0.15, -0.1) is 0 Å². The third-order valence-electron chi connectivity index (χ3n) is 3.11. The Labute approximate surface area is 105 Å². The fourth-order valence-corrected chi connectivity index (χ4v) is 2.17. The fourth-order valence-electron chi connectivity index (χ4n) is 2.17. The highest BCUT2D eigenvalue weighted by Crippen LogP contribution is 2.22. The van der Waals surface area contributed by atoms with E-state index in [2.05, 4.69) is 6.92 Å². The lowest BCUT2D eigenvalue weighted by molar-refractivity contribution is -0.384. The first kappa shape index (κ1) is 12.3. The molecular weight excluding hydrogens is 234 g/mol. The monoisotopic (exact) mass is 249 g/mol. The molecule has 1 aliphatic rings. The highest BCUT2D eigenvalue weighted by Gasteiger charge is 2.25. The summed E-state index contributed by atoms with van der Waals surface area (Å²) in [5.74, 6) is 0.291. The number of benzene rings is 1. The number of nitrogens with zero attached hydrogens (tertiary/aromatic N) is 2. The maximum Gasteiger partial charge on any atom is 0.272 e. The van der Waals surface area contributed by atoms with Gasteiger partial charge in [0.2, 0.25) is 0 Å². The molecule has 0 aliphatic carbocycles. The lowest BCUT2D eigenvalue weighted by Crippen LogP contribution is -2.28. The molecule has 0 radical (unpaired) electrons. The zero-order valence-corrected chi connectivity index (χ0v) is 10.1. The van der Waals surface area contributed by atoms with Gasteiger partial charge in [-0.05, 0) is 18.4 Å². The number of likely N-dealkylation sites (tertiary alicyclic amines) is 1. The summed E-state index contributed by atoms with van der Waals surface area (Å²) in [6, 6.07) is 4.02. The molecule has 1 aromatic rings. The van der Waals surface area contributed by atoms with Gasteiger partial charge in [-0.2, -0.15) is 0 Å². The summed E-state index contributed by atoms with van der Waals surface area (Å²) in [5, 5.41) is 10.7. The first-order valence-electron chi connectivity index (χ1n) is 5.81. The van der Waals surface area contributed by atoms with Crippen molar-refractivity contribution in [1.82, 2.24) is 4.90 Å². The summed E-state index contributed by atoms with van der Waals surface area (Å²) >= 11 is 0. The number of carbonyl (C=O) groups is 1. The second kappa shape index (κ2) is 4.64. The quantitative estimate of drug-likeness (QED) is 0.490. The van der Waals surface area contributed by atoms with Crippen molar-refractivity contribution in [2.45, 2.75) is 13.3 Å². The van der Waals surface area contributed by atoms with Crippen LogP contribution in [0.1, 0.15) is 23.7 Å². The number of nitro groups is 1. The van der Waals surface area contributed by atoms with E-state index in [0.717, 1.165) is 6.42 Å². The molecule has 0 aromatic heterocycles. The maximum absolute atomic E-state index is 12.2. The SMILES string of the molecule is CC1CCN(C(=O)c2cc(N)cc([N+](=O)[O-])c2)C1. The largest absolute Gasteiger partial charge is 0.399 e. The number of nitro benzene ring substituents is 1. The summed E-state index contributed by atoms with van der Waals surface area (Å²) in [6.45, 7) is 3.47. The van der Waals surface area contributed by atoms with Gasteiger partial charge in [0.25, 0.3) is 11.6 Å². The number of rotatable bonds is 2. The first-order chi connectivity index (χ1) is 8.47. The standard InChI is InChI=1S/C12H15N3O3/c1-8-2-3-14(7-8)12(16)9-4-10(13)6-11(5-9)15(17)18/h4-6,8H,2-3,7,13H2,1H3. The zero-order chi connectivity index (χ0) is 13.3. The van der Waals surface area contributed by atoms with Gasteiger partial charge in [0.05, 0.1) is 4.92 Å². The molecule has 18 heavy (non-hydrogen) atoms. The molecule has 1 aliphatic heterocycles. The second-order valence-corrected chi connectivity index (χ2v) is 4.72. The van der Waals surface area contributed by atoms with Crippen molar-refractivity contribution in [2.24, 2.45) is 5.92 Å². The van der Waals surface area contributed by atoms with E-state index in [4.69, 9.17) is 5.73 Å². The molecule has 1 saturated heterocycles. The van der Waals surface area contributed by atoms with E-state index >= 15 is 0 Å². The number of carbonyl (C=O) groups excluding carboxylic acids is 1. The lowest BCUT2D eigenvalue weighted by Gasteiger charge is -2.15. The molecule has 1 atom stereocenters. The Morgan fingerprint density at radius 3 is 2.78 bits per heavy atom. The van der Waals surface area contributed by atoms with Gasteiger partial charge >= 0.3 is 0 Å². The highest BCUT2D eigenvalue weighted by atomic mass is 16.6. The van der Waals surface area contributed by atoms with Crippen molar-refractivity contribution in [3.05, 3.63) is 33.9 Å². The average Bonchev–Trinajstić information content (AvgIpc) is 2.74. The van der Waals surface area contributed by atoms with Gasteiger partial charge in [-0.1, -0.05) is 6.92 Å². The Bertz CT molecular complexity index is 501. The number of non-ortho nitro benzene ring substituents is 1. The van der Waals surface area contributed by atoms with Gasteiger partial charge in [-0.3, -0.25) is 14.9 Å². The van der Waals surface area contributed by atoms with Crippen LogP contribution in [0.2, 0.25) is 0 Å². The molecule has 1 fully saturated rings. The predicted octanol–water partition coefficient (Wildman–Crippen LogP) is 1.66. The van der Waals surface area contributed by atoms with E-state index in [-0.39, 0.29) is 22.8 Å². The van der Waals surface area contributed by atoms with Crippen molar-refractivity contribution in [3.63, 3.8) is 0 Å². The van der Waals surface area contributed by atoms with Crippen LogP contribution >= 0.6 is 0 Å². The van der Waals surface area contributed by atoms with E-state index in [1.807, 2.05) is 0 Å². The maximum atomic E-state index is 12.2. The summed E-state index contributed by atoms with van der Waals surface area (Å²) in [4.78, 5) is 24.1. The van der Waals surface area contributed by atoms with E-state index in [0.29, 0.717) is 19.0 Å². The van der Waals surface area contributed by atoms with Crippen molar-refractivity contribution < 1.29 is 9.72 Å². The molecule has 1 amide bonds. The topological polar surface area (TPSA) is 89.5 Å². The molecule has 2 N–H and O–H groups in total. The Morgan fingerprint density at radius 2 is 2.22 bits per heavy atom. The fraction of sp³-hybridized carbons (Fsp3) is 0.417. The summed E-state index contributed by atoms with van der Waals surface area (Å²) < 4.78 is 0. The van der Waals surface area contributed by atoms with Gasteiger partial charge in [0.1, 0.15) is 0 Å². The van der Waals surface area contributed by atoms with Crippen LogP contribution in [0.5, 0.6) is 0 Å². The van der Waals surface area contributed by atoms with Crippen LogP contribution in [0.25, 0.3) is 0 Å². The van der Waals surface area contributed by atoms with Crippen LogP contribution in [-0.2, 0) is 0 Å². The summed E-state index contributed by atoms with van der Waals surface area (Å²) in [6.07, 6.45) is 0.968. The second-order valence-electron chi connectivity index (χ2n) is 4.72. The molecule has 0 saturated carbocycles. The predicted molar refractivity (Wildman–Crippen MR) is 67.2 cm³/mol. The molecule has 6 heteroatoms. The molecule has 0 bridgehead atoms. The van der Waals surface area contributed by atoms with Gasteiger partial charge < -0.3 is 10.6 Å². The molecular formula is C12H15N3O3. The number of hydrogen-bond acceptors (Lipinski definition) is 4. The highest BCUT2D eigenvalue weighted by molar-refractivity contribution is 5.96. The molecule has 1 unspecified atom stereocenters. The van der Waals surface area contributed by atoms with E-state index in [1.54, 1.807) is 4.90 Å². The van der Waals surface area contributed by atoms with Crippen molar-refractivity contribution in [2.75, 3.05) is 18.8 Å². The summed E-state index contributed by atoms with van der Waals surface area (Å²) in [5.41, 5.74) is 5.96. The van der Waals surface area contributed by atoms with E-state index in [1.165, 1.54) is 18.2 Å². The number of hydrogen-bond donors (Lipinski definition) is 1. The lowest BCUT2D eigenvalue weighted by atomic mass is 10.1. The van der Waals surface area contributed by atoms with Crippen LogP contribution < -0.4 is 5.73 Å². The van der Waals surface area contributed by atoms with E-state index < -0.39 is 4.92 Å². The number of amides is 1. The molecule has 0 spiro atoms. The third kappa shape index (κ3) is 2.42. The Balaban J connectivity index is 2.27. The van der Waals surface area contributed by atoms with Crippen LogP contribution in [0.15, 0.2) is 18.2 Å². The van der Waals surface area contributed by atoms with Crippen molar-refractivity contribution >= 4 is 17.3 Å². The normalized spacial score (nSPS) is 18.9. The smallest absolute Gasteiger partial charge is 0.272 e. The van der Waals surface area contributed by atoms with Gasteiger partial charge in [0, 0.05) is 36.5 Å². The van der Waals surface area contributed by atoms with Crippen molar-refractivity contribution in [3.8, 4) is 0 Å². The Hall–Kier alpha value is -2.11. The van der Waals surface area contributed by atoms with Crippen LogP contribution in [-0.4, -0.2) is 28.8 Å². The van der Waals surface area contributed by atoms with Crippen molar-refractivity contribution in [1.29, 1.82) is 0 Å². The minimum atomic E-state index is -0.542. The number of anilines is 1. The minimum absolute atomic E-state index is 0.148. The third-order valence-corrected chi connectivity index (χ3v) is 3.11. The Kier molecular flexibility index (Phi) is 3.18. The molecule has 96 valence electrons. The first-order valence-corrected chi connectivity index (χ1v) is 5.81. The van der Waals surface area contributed by atoms with Gasteiger partial charge in [0.15, 0.2) is 0 Å². The zero-order valence-electron chi connectivity index (χ0n) is 10.1. The number of nitrogen functional groups attached to an aromatic ring is 1. The molecule has 1 aromatic carbocycles. The van der Waals surface area contributed by atoms with Crippen LogP contribution in [0.4, 0.5) is 11.4 Å². The average molecular weight is 249 g/mol. The van der Waals surface area contributed by atoms with E-state index in [9.17, 15) is 14.9 Å². The van der Waals surface area contributed by atoms with Crippen LogP contribution in [0, 0.1) is 16.0 Å².